The van der Waals surface area contributed by atoms with Crippen LogP contribution in [0.25, 0.3) is 11.0 Å². The van der Waals surface area contributed by atoms with Crippen LogP contribution >= 0.6 is 0 Å². The third kappa shape index (κ3) is 4.17. The molecule has 1 amide bonds. The number of amides is 1. The van der Waals surface area contributed by atoms with Crippen LogP contribution in [0.2, 0.25) is 0 Å². The van der Waals surface area contributed by atoms with E-state index in [0.29, 0.717) is 23.5 Å². The third-order valence-electron chi connectivity index (χ3n) is 5.87. The molecule has 158 valence electrons. The second kappa shape index (κ2) is 7.91. The highest BCUT2D eigenvalue weighted by Crippen LogP contribution is 2.31. The molecular formula is C24H25N5O2. The van der Waals surface area contributed by atoms with E-state index in [1.54, 1.807) is 35.1 Å². The summed E-state index contributed by atoms with van der Waals surface area (Å²) in [6, 6.07) is 13.7. The van der Waals surface area contributed by atoms with Gasteiger partial charge in [0.15, 0.2) is 0 Å². The maximum atomic E-state index is 13.0. The molecule has 0 aliphatic heterocycles. The third-order valence-corrected chi connectivity index (χ3v) is 5.87. The number of aromatic amines is 1. The average molecular weight is 415 g/mol. The molecule has 5 rings (SSSR count). The largest absolute Gasteiger partial charge is 0.337 e. The SMILES string of the molecule is CN(Cc1ccc(Cn2ccnc2)cc1)C(=O)c1ccc2c(c1)[nH]c(=O)n2CC1CC1. The number of H-pyrrole nitrogens is 1. The van der Waals surface area contributed by atoms with E-state index < -0.39 is 0 Å². The van der Waals surface area contributed by atoms with Gasteiger partial charge in [-0.3, -0.25) is 9.36 Å². The molecule has 0 unspecified atom stereocenters. The number of benzene rings is 2. The van der Waals surface area contributed by atoms with Crippen molar-refractivity contribution in [1.29, 1.82) is 0 Å². The molecule has 4 aromatic rings. The zero-order valence-corrected chi connectivity index (χ0v) is 17.5. The molecule has 0 saturated heterocycles. The van der Waals surface area contributed by atoms with Crippen LogP contribution in [0.4, 0.5) is 0 Å². The van der Waals surface area contributed by atoms with Crippen molar-refractivity contribution in [3.05, 3.63) is 88.4 Å². The lowest BCUT2D eigenvalue weighted by atomic mass is 10.1. The van der Waals surface area contributed by atoms with Gasteiger partial charge in [0.25, 0.3) is 5.91 Å². The quantitative estimate of drug-likeness (QED) is 0.503. The molecule has 31 heavy (non-hydrogen) atoms. The van der Waals surface area contributed by atoms with E-state index in [1.807, 2.05) is 22.9 Å². The van der Waals surface area contributed by atoms with Crippen molar-refractivity contribution < 1.29 is 4.79 Å². The first-order chi connectivity index (χ1) is 15.1. The molecule has 1 aliphatic carbocycles. The Morgan fingerprint density at radius 1 is 1.16 bits per heavy atom. The number of imidazole rings is 2. The number of aromatic nitrogens is 4. The molecular weight excluding hydrogens is 390 g/mol. The van der Waals surface area contributed by atoms with E-state index in [0.717, 1.165) is 24.2 Å². The van der Waals surface area contributed by atoms with Crippen molar-refractivity contribution in [3.63, 3.8) is 0 Å². The summed E-state index contributed by atoms with van der Waals surface area (Å²) in [5, 5.41) is 0. The minimum absolute atomic E-state index is 0.0693. The van der Waals surface area contributed by atoms with E-state index in [9.17, 15) is 9.59 Å². The topological polar surface area (TPSA) is 75.9 Å². The molecule has 7 nitrogen and oxygen atoms in total. The van der Waals surface area contributed by atoms with E-state index in [2.05, 4.69) is 34.2 Å². The Bertz CT molecular complexity index is 1260. The van der Waals surface area contributed by atoms with Gasteiger partial charge in [-0.2, -0.15) is 0 Å². The molecule has 2 aromatic heterocycles. The first-order valence-electron chi connectivity index (χ1n) is 10.6. The summed E-state index contributed by atoms with van der Waals surface area (Å²) >= 11 is 0. The molecule has 2 aromatic carbocycles. The zero-order valence-electron chi connectivity index (χ0n) is 17.5. The van der Waals surface area contributed by atoms with E-state index >= 15 is 0 Å². The number of hydrogen-bond donors (Lipinski definition) is 1. The van der Waals surface area contributed by atoms with Crippen LogP contribution in [0, 0.1) is 5.92 Å². The van der Waals surface area contributed by atoms with Crippen molar-refractivity contribution >= 4 is 16.9 Å². The Hall–Kier alpha value is -3.61. The molecule has 7 heteroatoms. The maximum absolute atomic E-state index is 13.0. The van der Waals surface area contributed by atoms with Gasteiger partial charge in [0, 0.05) is 44.6 Å². The summed E-state index contributed by atoms with van der Waals surface area (Å²) in [4.78, 5) is 33.9. The van der Waals surface area contributed by atoms with Crippen LogP contribution in [0.15, 0.2) is 66.0 Å². The summed E-state index contributed by atoms with van der Waals surface area (Å²) in [6.45, 7) is 2.04. The lowest BCUT2D eigenvalue weighted by molar-refractivity contribution is 0.0785. The number of hydrogen-bond acceptors (Lipinski definition) is 3. The van der Waals surface area contributed by atoms with Crippen molar-refractivity contribution in [1.82, 2.24) is 24.0 Å². The van der Waals surface area contributed by atoms with Crippen LogP contribution in [0.5, 0.6) is 0 Å². The first-order valence-corrected chi connectivity index (χ1v) is 10.6. The van der Waals surface area contributed by atoms with Gasteiger partial charge >= 0.3 is 5.69 Å². The Morgan fingerprint density at radius 2 is 1.94 bits per heavy atom. The number of carbonyl (C=O) groups is 1. The van der Waals surface area contributed by atoms with Gasteiger partial charge in [-0.05, 0) is 48.1 Å². The average Bonchev–Trinajstić information content (AvgIpc) is 3.35. The van der Waals surface area contributed by atoms with E-state index in [4.69, 9.17) is 0 Å². The smallest absolute Gasteiger partial charge is 0.326 e. The van der Waals surface area contributed by atoms with Gasteiger partial charge in [-0.15, -0.1) is 0 Å². The minimum Gasteiger partial charge on any atom is -0.337 e. The molecule has 2 heterocycles. The standard InChI is InChI=1S/C24H25N5O2/c1-27(13-17-2-4-18(5-3-17)14-28-11-10-25-16-28)23(30)20-8-9-22-21(12-20)26-24(31)29(22)15-19-6-7-19/h2-5,8-12,16,19H,6-7,13-15H2,1H3,(H,26,31). The van der Waals surface area contributed by atoms with Crippen molar-refractivity contribution in [3.8, 4) is 0 Å². The van der Waals surface area contributed by atoms with Crippen molar-refractivity contribution in [2.45, 2.75) is 32.5 Å². The number of nitrogens with one attached hydrogen (secondary N) is 1. The Kier molecular flexibility index (Phi) is 4.94. The highest BCUT2D eigenvalue weighted by Gasteiger charge is 2.24. The molecule has 0 radical (unpaired) electrons. The Morgan fingerprint density at radius 3 is 2.65 bits per heavy atom. The summed E-state index contributed by atoms with van der Waals surface area (Å²) in [7, 11) is 1.80. The minimum atomic E-state index is -0.101. The number of carbonyl (C=O) groups excluding carboxylic acids is 1. The van der Waals surface area contributed by atoms with Crippen LogP contribution in [-0.2, 0) is 19.6 Å². The number of rotatable bonds is 7. The predicted molar refractivity (Wildman–Crippen MR) is 119 cm³/mol. The van der Waals surface area contributed by atoms with Gasteiger partial charge < -0.3 is 14.5 Å². The molecule has 1 N–H and O–H groups in total. The van der Waals surface area contributed by atoms with E-state index in [-0.39, 0.29) is 11.6 Å². The van der Waals surface area contributed by atoms with Crippen LogP contribution in [0.3, 0.4) is 0 Å². The second-order valence-electron chi connectivity index (χ2n) is 8.43. The fourth-order valence-electron chi connectivity index (χ4n) is 3.94. The fraction of sp³-hybridized carbons (Fsp3) is 0.292. The zero-order chi connectivity index (χ0) is 21.4. The lowest BCUT2D eigenvalue weighted by Gasteiger charge is -2.18. The highest BCUT2D eigenvalue weighted by molar-refractivity contribution is 5.97. The summed E-state index contributed by atoms with van der Waals surface area (Å²) in [5.41, 5.74) is 4.30. The Balaban J connectivity index is 1.28. The van der Waals surface area contributed by atoms with E-state index in [1.165, 1.54) is 18.4 Å². The number of nitrogens with zero attached hydrogens (tertiary/aromatic N) is 4. The molecule has 1 aliphatic rings. The molecule has 0 bridgehead atoms. The summed E-state index contributed by atoms with van der Waals surface area (Å²) in [5.74, 6) is 0.538. The van der Waals surface area contributed by atoms with Crippen LogP contribution < -0.4 is 5.69 Å². The van der Waals surface area contributed by atoms with Gasteiger partial charge in [0.1, 0.15) is 0 Å². The monoisotopic (exact) mass is 415 g/mol. The van der Waals surface area contributed by atoms with Gasteiger partial charge in [-0.1, -0.05) is 24.3 Å². The molecule has 1 saturated carbocycles. The van der Waals surface area contributed by atoms with Crippen molar-refractivity contribution in [2.75, 3.05) is 7.05 Å². The molecule has 0 spiro atoms. The number of fused-ring (bicyclic) bond motifs is 1. The van der Waals surface area contributed by atoms with Crippen molar-refractivity contribution in [2.24, 2.45) is 5.92 Å². The van der Waals surface area contributed by atoms with Gasteiger partial charge in [-0.25, -0.2) is 9.78 Å². The lowest BCUT2D eigenvalue weighted by Crippen LogP contribution is -2.26. The van der Waals surface area contributed by atoms with Crippen LogP contribution in [0.1, 0.15) is 34.3 Å². The van der Waals surface area contributed by atoms with Crippen LogP contribution in [-0.4, -0.2) is 37.0 Å². The molecule has 1 fully saturated rings. The predicted octanol–water partition coefficient (Wildman–Crippen LogP) is 3.26. The normalized spacial score (nSPS) is 13.6. The summed E-state index contributed by atoms with van der Waals surface area (Å²) < 4.78 is 3.80. The Labute approximate surface area is 180 Å². The van der Waals surface area contributed by atoms with Gasteiger partial charge in [0.05, 0.1) is 17.4 Å². The first kappa shape index (κ1) is 19.4. The second-order valence-corrected chi connectivity index (χ2v) is 8.43. The summed E-state index contributed by atoms with van der Waals surface area (Å²) in [6.07, 6.45) is 7.87. The highest BCUT2D eigenvalue weighted by atomic mass is 16.2. The molecule has 0 atom stereocenters. The fourth-order valence-corrected chi connectivity index (χ4v) is 3.94. The maximum Gasteiger partial charge on any atom is 0.326 e. The van der Waals surface area contributed by atoms with Gasteiger partial charge in [0.2, 0.25) is 0 Å².